The fourth-order valence-corrected chi connectivity index (χ4v) is 1.28. The van der Waals surface area contributed by atoms with E-state index in [-0.39, 0.29) is 19.4 Å². The molecular weight excluding hydrogens is 225 g/mol. The van der Waals surface area contributed by atoms with Gasteiger partial charge in [0, 0.05) is 6.08 Å². The van der Waals surface area contributed by atoms with Crippen LogP contribution in [0.4, 0.5) is 13.2 Å². The molecule has 0 aromatic heterocycles. The zero-order valence-electron chi connectivity index (χ0n) is 8.84. The molecule has 2 atom stereocenters. The second kappa shape index (κ2) is 4.45. The van der Waals surface area contributed by atoms with E-state index < -0.39 is 23.9 Å². The van der Waals surface area contributed by atoms with Crippen LogP contribution >= 0.6 is 0 Å². The Morgan fingerprint density at radius 3 is 2.62 bits per heavy atom. The summed E-state index contributed by atoms with van der Waals surface area (Å²) in [6, 6.07) is 0. The smallest absolute Gasteiger partial charge is 0.419 e. The van der Waals surface area contributed by atoms with E-state index in [9.17, 15) is 18.0 Å². The van der Waals surface area contributed by atoms with E-state index in [1.165, 1.54) is 6.92 Å². The van der Waals surface area contributed by atoms with Gasteiger partial charge < -0.3 is 9.47 Å². The van der Waals surface area contributed by atoms with Gasteiger partial charge in [0.25, 0.3) is 0 Å². The van der Waals surface area contributed by atoms with Gasteiger partial charge >= 0.3 is 12.1 Å². The van der Waals surface area contributed by atoms with Crippen LogP contribution in [0.2, 0.25) is 0 Å². The summed E-state index contributed by atoms with van der Waals surface area (Å²) in [6.45, 7) is 4.42. The van der Waals surface area contributed by atoms with Crippen molar-refractivity contribution in [2.24, 2.45) is 0 Å². The van der Waals surface area contributed by atoms with E-state index in [0.29, 0.717) is 0 Å². The number of epoxide rings is 1. The van der Waals surface area contributed by atoms with Gasteiger partial charge in [0.05, 0.1) is 12.7 Å². The van der Waals surface area contributed by atoms with Crippen molar-refractivity contribution in [3.63, 3.8) is 0 Å². The standard InChI is InChI=1S/C10H13F3O3/c1-3-8(14)16-7(2)4-5-9(6-15-9)10(11,12)13/h3,7H,1,4-6H2,2H3. The Balaban J connectivity index is 2.35. The van der Waals surface area contributed by atoms with Gasteiger partial charge in [0.15, 0.2) is 5.60 Å². The lowest BCUT2D eigenvalue weighted by Gasteiger charge is -2.18. The highest BCUT2D eigenvalue weighted by Crippen LogP contribution is 2.47. The summed E-state index contributed by atoms with van der Waals surface area (Å²) >= 11 is 0. The number of hydrogen-bond acceptors (Lipinski definition) is 3. The molecule has 16 heavy (non-hydrogen) atoms. The van der Waals surface area contributed by atoms with Crippen LogP contribution in [0.25, 0.3) is 0 Å². The molecule has 0 amide bonds. The lowest BCUT2D eigenvalue weighted by atomic mass is 10.0. The molecule has 92 valence electrons. The van der Waals surface area contributed by atoms with Gasteiger partial charge in [-0.15, -0.1) is 0 Å². The second-order valence-corrected chi connectivity index (χ2v) is 3.77. The molecule has 0 spiro atoms. The van der Waals surface area contributed by atoms with Gasteiger partial charge in [-0.2, -0.15) is 13.2 Å². The normalized spacial score (nSPS) is 26.0. The van der Waals surface area contributed by atoms with E-state index in [1.807, 2.05) is 0 Å². The number of alkyl halides is 3. The first-order chi connectivity index (χ1) is 7.31. The molecule has 1 fully saturated rings. The molecule has 1 heterocycles. The van der Waals surface area contributed by atoms with Crippen LogP contribution in [0.3, 0.4) is 0 Å². The summed E-state index contributed by atoms with van der Waals surface area (Å²) in [6.07, 6.45) is -4.03. The summed E-state index contributed by atoms with van der Waals surface area (Å²) in [5.41, 5.74) is -2.01. The van der Waals surface area contributed by atoms with Gasteiger partial charge in [0.1, 0.15) is 0 Å². The summed E-state index contributed by atoms with van der Waals surface area (Å²) in [7, 11) is 0. The first kappa shape index (κ1) is 13.0. The number of halogens is 3. The van der Waals surface area contributed by atoms with Crippen molar-refractivity contribution in [3.8, 4) is 0 Å². The van der Waals surface area contributed by atoms with Gasteiger partial charge in [0.2, 0.25) is 0 Å². The van der Waals surface area contributed by atoms with Crippen LogP contribution in [-0.2, 0) is 14.3 Å². The fourth-order valence-electron chi connectivity index (χ4n) is 1.28. The van der Waals surface area contributed by atoms with Gasteiger partial charge in [-0.05, 0) is 19.8 Å². The highest BCUT2D eigenvalue weighted by molar-refractivity contribution is 5.81. The Bertz CT molecular complexity index is 282. The van der Waals surface area contributed by atoms with Crippen molar-refractivity contribution >= 4 is 5.97 Å². The molecule has 0 radical (unpaired) electrons. The summed E-state index contributed by atoms with van der Waals surface area (Å²) in [5, 5.41) is 0. The van der Waals surface area contributed by atoms with Crippen molar-refractivity contribution in [1.29, 1.82) is 0 Å². The molecule has 0 aliphatic carbocycles. The predicted octanol–water partition coefficient (Wildman–Crippen LogP) is 2.22. The number of hydrogen-bond donors (Lipinski definition) is 0. The van der Waals surface area contributed by atoms with Crippen molar-refractivity contribution in [3.05, 3.63) is 12.7 Å². The molecule has 6 heteroatoms. The van der Waals surface area contributed by atoms with Crippen molar-refractivity contribution in [1.82, 2.24) is 0 Å². The first-order valence-electron chi connectivity index (χ1n) is 4.84. The quantitative estimate of drug-likeness (QED) is 0.419. The van der Waals surface area contributed by atoms with E-state index in [0.717, 1.165) is 6.08 Å². The Kier molecular flexibility index (Phi) is 3.62. The summed E-state index contributed by atoms with van der Waals surface area (Å²) < 4.78 is 46.5. The monoisotopic (exact) mass is 238 g/mol. The zero-order valence-corrected chi connectivity index (χ0v) is 8.84. The average Bonchev–Trinajstić information content (AvgIpc) is 2.94. The third-order valence-electron chi connectivity index (χ3n) is 2.45. The summed E-state index contributed by atoms with van der Waals surface area (Å²) in [5.74, 6) is -0.634. The zero-order chi connectivity index (χ0) is 12.4. The molecule has 0 aromatic carbocycles. The molecule has 0 saturated carbocycles. The number of ether oxygens (including phenoxy) is 2. The maximum Gasteiger partial charge on any atom is 0.419 e. The third-order valence-corrected chi connectivity index (χ3v) is 2.45. The van der Waals surface area contributed by atoms with Crippen LogP contribution in [0.15, 0.2) is 12.7 Å². The minimum absolute atomic E-state index is 0.110. The largest absolute Gasteiger partial charge is 0.460 e. The molecule has 0 N–H and O–H groups in total. The Labute approximate surface area is 91.2 Å². The second-order valence-electron chi connectivity index (χ2n) is 3.77. The molecule has 2 unspecified atom stereocenters. The Morgan fingerprint density at radius 2 is 2.25 bits per heavy atom. The average molecular weight is 238 g/mol. The maximum atomic E-state index is 12.4. The minimum Gasteiger partial charge on any atom is -0.460 e. The summed E-state index contributed by atoms with van der Waals surface area (Å²) in [4.78, 5) is 10.8. The predicted molar refractivity (Wildman–Crippen MR) is 49.7 cm³/mol. The molecule has 0 aromatic rings. The molecular formula is C10H13F3O3. The fraction of sp³-hybridized carbons (Fsp3) is 0.700. The molecule has 1 rings (SSSR count). The lowest BCUT2D eigenvalue weighted by Crippen LogP contribution is -2.33. The van der Waals surface area contributed by atoms with E-state index >= 15 is 0 Å². The minimum atomic E-state index is -4.35. The van der Waals surface area contributed by atoms with Crippen molar-refractivity contribution in [2.45, 2.75) is 37.6 Å². The number of carbonyl (C=O) groups excluding carboxylic acids is 1. The van der Waals surface area contributed by atoms with Crippen molar-refractivity contribution in [2.75, 3.05) is 6.61 Å². The maximum absolute atomic E-state index is 12.4. The Hall–Kier alpha value is -1.04. The molecule has 1 aliphatic rings. The number of esters is 1. The molecule has 1 saturated heterocycles. The number of carbonyl (C=O) groups is 1. The van der Waals surface area contributed by atoms with Gasteiger partial charge in [-0.3, -0.25) is 0 Å². The highest BCUT2D eigenvalue weighted by Gasteiger charge is 2.65. The van der Waals surface area contributed by atoms with Crippen LogP contribution in [0.1, 0.15) is 19.8 Å². The first-order valence-corrected chi connectivity index (χ1v) is 4.84. The SMILES string of the molecule is C=CC(=O)OC(C)CCC1(C(F)(F)F)CO1. The van der Waals surface area contributed by atoms with Crippen molar-refractivity contribution < 1.29 is 27.4 Å². The van der Waals surface area contributed by atoms with Gasteiger partial charge in [-0.1, -0.05) is 6.58 Å². The number of rotatable bonds is 5. The van der Waals surface area contributed by atoms with Crippen LogP contribution in [0, 0.1) is 0 Å². The van der Waals surface area contributed by atoms with Crippen LogP contribution < -0.4 is 0 Å². The molecule has 0 bridgehead atoms. The molecule has 3 nitrogen and oxygen atoms in total. The molecule has 1 aliphatic heterocycles. The van der Waals surface area contributed by atoms with Crippen LogP contribution in [0.5, 0.6) is 0 Å². The van der Waals surface area contributed by atoms with E-state index in [4.69, 9.17) is 4.74 Å². The van der Waals surface area contributed by atoms with Crippen LogP contribution in [-0.4, -0.2) is 30.5 Å². The third kappa shape index (κ3) is 2.98. The highest BCUT2D eigenvalue weighted by atomic mass is 19.4. The van der Waals surface area contributed by atoms with Gasteiger partial charge in [-0.25, -0.2) is 4.79 Å². The Morgan fingerprint density at radius 1 is 1.69 bits per heavy atom. The topological polar surface area (TPSA) is 38.8 Å². The lowest BCUT2D eigenvalue weighted by molar-refractivity contribution is -0.187. The van der Waals surface area contributed by atoms with E-state index in [2.05, 4.69) is 11.3 Å². The van der Waals surface area contributed by atoms with E-state index in [1.54, 1.807) is 0 Å².